The number of aromatic amines is 1. The molecule has 0 aromatic carbocycles. The first-order valence-corrected chi connectivity index (χ1v) is 2.03. The first-order chi connectivity index (χ1) is 3.79. The van der Waals surface area contributed by atoms with Crippen molar-refractivity contribution in [2.75, 3.05) is 0 Å². The van der Waals surface area contributed by atoms with E-state index in [1.54, 1.807) is 0 Å². The quantitative estimate of drug-likeness (QED) is 0.445. The van der Waals surface area contributed by atoms with Gasteiger partial charge in [-0.25, -0.2) is 4.98 Å². The highest BCUT2D eigenvalue weighted by atomic mass is 16.3. The molecule has 1 heterocycles. The molecular weight excluding hydrogens is 122 g/mol. The Morgan fingerprint density at radius 1 is 1.67 bits per heavy atom. The van der Waals surface area contributed by atoms with Crippen molar-refractivity contribution in [2.24, 2.45) is 0 Å². The van der Waals surface area contributed by atoms with E-state index < -0.39 is 0 Å². The lowest BCUT2D eigenvalue weighted by molar-refractivity contribution is 0.451. The Bertz CT molecular complexity index is 231. The summed E-state index contributed by atoms with van der Waals surface area (Å²) in [4.78, 5) is 15.8. The van der Waals surface area contributed by atoms with Gasteiger partial charge in [-0.1, -0.05) is 0 Å². The van der Waals surface area contributed by atoms with E-state index in [0.29, 0.717) is 0 Å². The van der Waals surface area contributed by atoms with Gasteiger partial charge in [0.25, 0.3) is 5.56 Å². The Kier molecular flexibility index (Phi) is 2.40. The molecule has 0 fully saturated rings. The molecule has 0 bridgehead atoms. The minimum absolute atomic E-state index is 0. The Morgan fingerprint density at radius 3 is 2.67 bits per heavy atom. The van der Waals surface area contributed by atoms with Crippen molar-refractivity contribution in [1.82, 2.24) is 16.1 Å². The molecule has 0 saturated carbocycles. The lowest BCUT2D eigenvalue weighted by atomic mass is 10.6. The van der Waals surface area contributed by atoms with Crippen LogP contribution in [0.25, 0.3) is 0 Å². The molecule has 1 aromatic rings. The average molecular weight is 129 g/mol. The third-order valence-electron chi connectivity index (χ3n) is 0.664. The van der Waals surface area contributed by atoms with Crippen LogP contribution in [0.4, 0.5) is 0 Å². The number of rotatable bonds is 0. The SMILES string of the molecule is N.O=c1cc(O)nc[nH]1. The second kappa shape index (κ2) is 2.83. The average Bonchev–Trinajstić information content (AvgIpc) is 1.64. The molecule has 1 rings (SSSR count). The summed E-state index contributed by atoms with van der Waals surface area (Å²) in [6.07, 6.45) is 1.14. The van der Waals surface area contributed by atoms with Crippen LogP contribution in [-0.2, 0) is 0 Å². The van der Waals surface area contributed by atoms with Gasteiger partial charge in [-0.2, -0.15) is 0 Å². The van der Waals surface area contributed by atoms with E-state index in [-0.39, 0.29) is 17.6 Å². The number of aromatic hydroxyl groups is 1. The Balaban J connectivity index is 0.000000640. The van der Waals surface area contributed by atoms with Gasteiger partial charge in [0.15, 0.2) is 0 Å². The van der Waals surface area contributed by atoms with E-state index in [1.807, 2.05) is 0 Å². The molecule has 0 aliphatic rings. The van der Waals surface area contributed by atoms with Crippen LogP contribution in [0.3, 0.4) is 0 Å². The van der Waals surface area contributed by atoms with Crippen LogP contribution in [0.5, 0.6) is 5.88 Å². The minimum Gasteiger partial charge on any atom is -0.493 e. The summed E-state index contributed by atoms with van der Waals surface area (Å²) in [7, 11) is 0. The van der Waals surface area contributed by atoms with Crippen molar-refractivity contribution in [3.63, 3.8) is 0 Å². The zero-order valence-corrected chi connectivity index (χ0v) is 4.66. The number of H-pyrrole nitrogens is 1. The first kappa shape index (κ1) is 7.64. The zero-order chi connectivity index (χ0) is 5.98. The maximum atomic E-state index is 10.2. The summed E-state index contributed by atoms with van der Waals surface area (Å²) in [5.74, 6) is -0.256. The molecule has 0 atom stereocenters. The van der Waals surface area contributed by atoms with Gasteiger partial charge in [-0.05, 0) is 0 Å². The molecule has 9 heavy (non-hydrogen) atoms. The summed E-state index contributed by atoms with van der Waals surface area (Å²) in [5, 5.41) is 8.48. The second-order valence-electron chi connectivity index (χ2n) is 1.27. The zero-order valence-electron chi connectivity index (χ0n) is 4.66. The predicted octanol–water partition coefficient (Wildman–Crippen LogP) is -0.363. The maximum absolute atomic E-state index is 10.2. The fourth-order valence-electron chi connectivity index (χ4n) is 0.358. The van der Waals surface area contributed by atoms with E-state index in [9.17, 15) is 4.79 Å². The van der Waals surface area contributed by atoms with Gasteiger partial charge in [0.05, 0.1) is 12.4 Å². The van der Waals surface area contributed by atoms with E-state index >= 15 is 0 Å². The van der Waals surface area contributed by atoms with Gasteiger partial charge in [-0.3, -0.25) is 4.79 Å². The lowest BCUT2D eigenvalue weighted by Gasteiger charge is -1.82. The number of hydrogen-bond donors (Lipinski definition) is 3. The molecule has 5 N–H and O–H groups in total. The van der Waals surface area contributed by atoms with Crippen LogP contribution in [0.15, 0.2) is 17.2 Å². The molecule has 0 radical (unpaired) electrons. The molecule has 0 spiro atoms. The van der Waals surface area contributed by atoms with Gasteiger partial charge in [0.1, 0.15) is 0 Å². The van der Waals surface area contributed by atoms with Crippen molar-refractivity contribution in [1.29, 1.82) is 0 Å². The monoisotopic (exact) mass is 129 g/mol. The molecule has 5 nitrogen and oxygen atoms in total. The number of aromatic nitrogens is 2. The minimum atomic E-state index is -0.350. The smallest absolute Gasteiger partial charge is 0.254 e. The Hall–Kier alpha value is -1.36. The standard InChI is InChI=1S/C4H4N2O2.H3N/c7-3-1-4(8)6-2-5-3;/h1-2H,(H2,5,6,7,8);1H3. The van der Waals surface area contributed by atoms with Gasteiger partial charge in [-0.15, -0.1) is 0 Å². The fraction of sp³-hybridized carbons (Fsp3) is 0. The summed E-state index contributed by atoms with van der Waals surface area (Å²) in [6, 6.07) is 1.00. The van der Waals surface area contributed by atoms with Gasteiger partial charge in [0, 0.05) is 0 Å². The molecule has 1 aromatic heterocycles. The topological polar surface area (TPSA) is 101 Å². The van der Waals surface area contributed by atoms with Crippen LogP contribution < -0.4 is 11.7 Å². The van der Waals surface area contributed by atoms with E-state index in [1.165, 1.54) is 0 Å². The molecule has 5 heteroatoms. The Morgan fingerprint density at radius 2 is 2.33 bits per heavy atom. The molecule has 0 aliphatic heterocycles. The van der Waals surface area contributed by atoms with Crippen LogP contribution in [0.1, 0.15) is 0 Å². The summed E-state index contributed by atoms with van der Waals surface area (Å²) in [5.41, 5.74) is -0.350. The van der Waals surface area contributed by atoms with Crippen LogP contribution in [0, 0.1) is 0 Å². The fourth-order valence-corrected chi connectivity index (χ4v) is 0.358. The highest BCUT2D eigenvalue weighted by Crippen LogP contribution is 1.90. The number of nitrogens with one attached hydrogen (secondary N) is 1. The first-order valence-electron chi connectivity index (χ1n) is 2.03. The van der Waals surface area contributed by atoms with Crippen molar-refractivity contribution in [3.05, 3.63) is 22.7 Å². The van der Waals surface area contributed by atoms with Gasteiger partial charge in [0.2, 0.25) is 5.88 Å². The van der Waals surface area contributed by atoms with E-state index in [4.69, 9.17) is 5.11 Å². The largest absolute Gasteiger partial charge is 0.493 e. The van der Waals surface area contributed by atoms with Crippen molar-refractivity contribution in [3.8, 4) is 5.88 Å². The van der Waals surface area contributed by atoms with Crippen molar-refractivity contribution >= 4 is 0 Å². The van der Waals surface area contributed by atoms with E-state index in [0.717, 1.165) is 12.4 Å². The third kappa shape index (κ3) is 1.92. The van der Waals surface area contributed by atoms with E-state index in [2.05, 4.69) is 9.97 Å². The van der Waals surface area contributed by atoms with Gasteiger partial charge < -0.3 is 16.2 Å². The Labute approximate surface area is 51.0 Å². The molecular formula is C4H7N3O2. The summed E-state index contributed by atoms with van der Waals surface area (Å²) < 4.78 is 0. The van der Waals surface area contributed by atoms with Crippen molar-refractivity contribution in [2.45, 2.75) is 0 Å². The number of nitrogens with zero attached hydrogens (tertiary/aromatic N) is 1. The number of hydrogen-bond acceptors (Lipinski definition) is 4. The summed E-state index contributed by atoms with van der Waals surface area (Å²) in [6.45, 7) is 0. The highest BCUT2D eigenvalue weighted by Gasteiger charge is 1.84. The normalized spacial score (nSPS) is 8.00. The van der Waals surface area contributed by atoms with Crippen LogP contribution >= 0.6 is 0 Å². The molecule has 0 unspecified atom stereocenters. The van der Waals surface area contributed by atoms with Crippen molar-refractivity contribution < 1.29 is 5.11 Å². The highest BCUT2D eigenvalue weighted by molar-refractivity contribution is 5.01. The molecule has 0 amide bonds. The lowest BCUT2D eigenvalue weighted by Crippen LogP contribution is -2.01. The van der Waals surface area contributed by atoms with Gasteiger partial charge >= 0.3 is 0 Å². The molecule has 0 aliphatic carbocycles. The summed E-state index contributed by atoms with van der Waals surface area (Å²) >= 11 is 0. The third-order valence-corrected chi connectivity index (χ3v) is 0.664. The predicted molar refractivity (Wildman–Crippen MR) is 31.5 cm³/mol. The molecule has 0 saturated heterocycles. The van der Waals surface area contributed by atoms with Crippen LogP contribution in [-0.4, -0.2) is 15.1 Å². The molecule has 50 valence electrons. The second-order valence-corrected chi connectivity index (χ2v) is 1.27. The maximum Gasteiger partial charge on any atom is 0.254 e. The van der Waals surface area contributed by atoms with Crippen LogP contribution in [0.2, 0.25) is 0 Å².